The summed E-state index contributed by atoms with van der Waals surface area (Å²) < 4.78 is 30.1. The normalized spacial score (nSPS) is 10.8. The fourth-order valence-electron chi connectivity index (χ4n) is 2.42. The van der Waals surface area contributed by atoms with Gasteiger partial charge in [-0.3, -0.25) is 15.1 Å². The molecule has 0 bridgehead atoms. The molecular formula is C17H18BF2N3O3. The van der Waals surface area contributed by atoms with Crippen molar-refractivity contribution in [2.45, 2.75) is 13.8 Å². The Morgan fingerprint density at radius 3 is 2.38 bits per heavy atom. The Hall–Kier alpha value is -2.97. The number of benzene rings is 2. The van der Waals surface area contributed by atoms with Gasteiger partial charge in [0.25, 0.3) is 5.69 Å². The van der Waals surface area contributed by atoms with Gasteiger partial charge in [-0.2, -0.15) is 0 Å². The number of non-ortho nitro benzene ring substituents is 1. The summed E-state index contributed by atoms with van der Waals surface area (Å²) in [6, 6.07) is 10.6. The Kier molecular flexibility index (Phi) is 6.65. The molecule has 0 atom stereocenters. The molecule has 0 amide bonds. The van der Waals surface area contributed by atoms with Gasteiger partial charge in [-0.25, -0.2) is 8.63 Å². The molecule has 0 saturated carbocycles. The van der Waals surface area contributed by atoms with E-state index in [2.05, 4.69) is 9.65 Å². The molecule has 0 radical (unpaired) electrons. The maximum atomic E-state index is 12.7. The molecule has 2 aromatic carbocycles. The Balaban J connectivity index is 2.30. The standard InChI is InChI=1S/C17H18BF2N3O3/c1-3-22(4-2)16-8-5-13(17(11-16)26-18(19)20)12-21-14-6-9-15(10-7-14)23(24)25/h5-12H,3-4H2,1-2H3. The highest BCUT2D eigenvalue weighted by atomic mass is 19.2. The van der Waals surface area contributed by atoms with Gasteiger partial charge in [-0.1, -0.05) is 0 Å². The van der Waals surface area contributed by atoms with Gasteiger partial charge in [0.05, 0.1) is 10.6 Å². The zero-order valence-corrected chi connectivity index (χ0v) is 14.4. The zero-order chi connectivity index (χ0) is 19.1. The van der Waals surface area contributed by atoms with E-state index in [4.69, 9.17) is 0 Å². The lowest BCUT2D eigenvalue weighted by Gasteiger charge is -2.22. The van der Waals surface area contributed by atoms with E-state index in [1.54, 1.807) is 12.1 Å². The van der Waals surface area contributed by atoms with Crippen LogP contribution in [0.15, 0.2) is 47.5 Å². The molecule has 136 valence electrons. The smallest absolute Gasteiger partial charge is 0.505 e. The average molecular weight is 361 g/mol. The lowest BCUT2D eigenvalue weighted by atomic mass is 10.1. The van der Waals surface area contributed by atoms with E-state index >= 15 is 0 Å². The van der Waals surface area contributed by atoms with Crippen LogP contribution in [-0.2, 0) is 0 Å². The lowest BCUT2D eigenvalue weighted by molar-refractivity contribution is -0.384. The van der Waals surface area contributed by atoms with Crippen molar-refractivity contribution >= 4 is 30.7 Å². The molecule has 0 heterocycles. The van der Waals surface area contributed by atoms with Gasteiger partial charge in [-0.05, 0) is 38.1 Å². The van der Waals surface area contributed by atoms with Crippen LogP contribution in [0.4, 0.5) is 25.7 Å². The molecule has 2 aromatic rings. The van der Waals surface area contributed by atoms with E-state index < -0.39 is 12.4 Å². The third kappa shape index (κ3) is 5.01. The number of hydrogen-bond acceptors (Lipinski definition) is 5. The summed E-state index contributed by atoms with van der Waals surface area (Å²) in [5, 5.41) is 10.7. The quantitative estimate of drug-likeness (QED) is 0.301. The molecule has 0 aliphatic rings. The Morgan fingerprint density at radius 1 is 1.19 bits per heavy atom. The highest BCUT2D eigenvalue weighted by molar-refractivity contribution is 6.35. The largest absolute Gasteiger partial charge is 0.796 e. The highest BCUT2D eigenvalue weighted by Crippen LogP contribution is 2.27. The number of nitro benzene ring substituents is 1. The predicted octanol–water partition coefficient (Wildman–Crippen LogP) is 4.49. The number of halogens is 2. The fraction of sp³-hybridized carbons (Fsp3) is 0.235. The summed E-state index contributed by atoms with van der Waals surface area (Å²) in [6.07, 6.45) is 1.39. The molecule has 6 nitrogen and oxygen atoms in total. The van der Waals surface area contributed by atoms with Crippen molar-refractivity contribution in [2.75, 3.05) is 18.0 Å². The van der Waals surface area contributed by atoms with Crippen molar-refractivity contribution in [3.05, 3.63) is 58.1 Å². The first-order chi connectivity index (χ1) is 12.4. The summed E-state index contributed by atoms with van der Waals surface area (Å²) in [5.41, 5.74) is 1.58. The highest BCUT2D eigenvalue weighted by Gasteiger charge is 2.20. The number of anilines is 1. The summed E-state index contributed by atoms with van der Waals surface area (Å²) in [6.45, 7) is 5.42. The van der Waals surface area contributed by atoms with E-state index in [9.17, 15) is 18.7 Å². The van der Waals surface area contributed by atoms with Gasteiger partial charge in [0.2, 0.25) is 0 Å². The van der Waals surface area contributed by atoms with Crippen molar-refractivity contribution in [3.63, 3.8) is 0 Å². The average Bonchev–Trinajstić information content (AvgIpc) is 2.62. The molecule has 0 fully saturated rings. The number of nitro groups is 1. The van der Waals surface area contributed by atoms with Gasteiger partial charge in [0.1, 0.15) is 5.75 Å². The fourth-order valence-corrected chi connectivity index (χ4v) is 2.42. The molecule has 0 aliphatic carbocycles. The SMILES string of the molecule is CCN(CC)c1ccc(C=Nc2ccc([N+](=O)[O-])cc2)c(OB(F)F)c1. The van der Waals surface area contributed by atoms with E-state index in [0.29, 0.717) is 11.3 Å². The molecule has 0 N–H and O–H groups in total. The molecule has 0 unspecified atom stereocenters. The van der Waals surface area contributed by atoms with Crippen molar-refractivity contribution < 1.29 is 18.2 Å². The second-order valence-corrected chi connectivity index (χ2v) is 5.30. The minimum atomic E-state index is -2.95. The van der Waals surface area contributed by atoms with Crippen LogP contribution in [0, 0.1) is 10.1 Å². The third-order valence-electron chi connectivity index (χ3n) is 3.76. The second kappa shape index (κ2) is 8.93. The van der Waals surface area contributed by atoms with E-state index in [0.717, 1.165) is 18.8 Å². The van der Waals surface area contributed by atoms with Gasteiger partial charge in [0.15, 0.2) is 0 Å². The summed E-state index contributed by atoms with van der Waals surface area (Å²) in [7, 11) is -2.95. The molecular weight excluding hydrogens is 343 g/mol. The van der Waals surface area contributed by atoms with Crippen LogP contribution < -0.4 is 9.55 Å². The van der Waals surface area contributed by atoms with Crippen LogP contribution in [0.3, 0.4) is 0 Å². The molecule has 0 spiro atoms. The van der Waals surface area contributed by atoms with Gasteiger partial charge < -0.3 is 9.55 Å². The minimum absolute atomic E-state index is 0.0232. The maximum absolute atomic E-state index is 12.7. The van der Waals surface area contributed by atoms with Crippen LogP contribution in [-0.4, -0.2) is 31.7 Å². The first kappa shape index (κ1) is 19.4. The monoisotopic (exact) mass is 361 g/mol. The van der Waals surface area contributed by atoms with E-state index in [1.165, 1.54) is 30.5 Å². The Labute approximate surface area is 150 Å². The van der Waals surface area contributed by atoms with Crippen LogP contribution in [0.5, 0.6) is 5.75 Å². The molecule has 0 aromatic heterocycles. The summed E-state index contributed by atoms with van der Waals surface area (Å²) >= 11 is 0. The van der Waals surface area contributed by atoms with Crippen molar-refractivity contribution in [1.29, 1.82) is 0 Å². The zero-order valence-electron chi connectivity index (χ0n) is 14.4. The lowest BCUT2D eigenvalue weighted by Crippen LogP contribution is -2.22. The molecule has 0 saturated heterocycles. The van der Waals surface area contributed by atoms with Crippen molar-refractivity contribution in [2.24, 2.45) is 4.99 Å². The summed E-state index contributed by atoms with van der Waals surface area (Å²) in [5.74, 6) is 0.0232. The van der Waals surface area contributed by atoms with Crippen LogP contribution in [0.2, 0.25) is 0 Å². The number of aliphatic imine (C=N–C) groups is 1. The van der Waals surface area contributed by atoms with Crippen molar-refractivity contribution in [1.82, 2.24) is 0 Å². The first-order valence-electron chi connectivity index (χ1n) is 8.07. The van der Waals surface area contributed by atoms with Gasteiger partial charge in [0, 0.05) is 48.8 Å². The molecule has 2 rings (SSSR count). The minimum Gasteiger partial charge on any atom is -0.505 e. The molecule has 26 heavy (non-hydrogen) atoms. The topological polar surface area (TPSA) is 68.0 Å². The first-order valence-corrected chi connectivity index (χ1v) is 8.07. The predicted molar refractivity (Wildman–Crippen MR) is 99.0 cm³/mol. The number of hydrogen-bond donors (Lipinski definition) is 0. The molecule has 9 heteroatoms. The third-order valence-corrected chi connectivity index (χ3v) is 3.76. The van der Waals surface area contributed by atoms with Crippen molar-refractivity contribution in [3.8, 4) is 5.75 Å². The Morgan fingerprint density at radius 2 is 1.85 bits per heavy atom. The van der Waals surface area contributed by atoms with Gasteiger partial charge >= 0.3 is 7.47 Å². The number of nitrogens with zero attached hydrogens (tertiary/aromatic N) is 3. The second-order valence-electron chi connectivity index (χ2n) is 5.30. The van der Waals surface area contributed by atoms with Gasteiger partial charge in [-0.15, -0.1) is 0 Å². The number of rotatable bonds is 8. The maximum Gasteiger partial charge on any atom is 0.796 e. The van der Waals surface area contributed by atoms with Crippen LogP contribution >= 0.6 is 0 Å². The molecule has 0 aliphatic heterocycles. The van der Waals surface area contributed by atoms with Crippen LogP contribution in [0.25, 0.3) is 0 Å². The summed E-state index contributed by atoms with van der Waals surface area (Å²) in [4.78, 5) is 16.3. The Bertz CT molecular complexity index is 781. The van der Waals surface area contributed by atoms with Crippen LogP contribution in [0.1, 0.15) is 19.4 Å². The van der Waals surface area contributed by atoms with E-state index in [-0.39, 0.29) is 11.4 Å². The van der Waals surface area contributed by atoms with E-state index in [1.807, 2.05) is 24.8 Å².